The third-order valence-corrected chi connectivity index (χ3v) is 6.12. The predicted molar refractivity (Wildman–Crippen MR) is 62.8 cm³/mol. The molecule has 0 bridgehead atoms. The van der Waals surface area contributed by atoms with Crippen LogP contribution in [0.2, 0.25) is 6.04 Å². The zero-order valence-corrected chi connectivity index (χ0v) is 11.3. The van der Waals surface area contributed by atoms with Gasteiger partial charge < -0.3 is 13.3 Å². The van der Waals surface area contributed by atoms with Gasteiger partial charge in [0.05, 0.1) is 0 Å². The lowest BCUT2D eigenvalue weighted by atomic mass is 9.87. The number of hydrogen-bond donors (Lipinski definition) is 0. The molecule has 1 aliphatic carbocycles. The van der Waals surface area contributed by atoms with Gasteiger partial charge in [0.2, 0.25) is 0 Å². The van der Waals surface area contributed by atoms with Crippen molar-refractivity contribution < 1.29 is 13.3 Å². The summed E-state index contributed by atoms with van der Waals surface area (Å²) in [5, 5.41) is 0. The third-order valence-electron chi connectivity index (χ3n) is 2.86. The van der Waals surface area contributed by atoms with E-state index in [4.69, 9.17) is 13.3 Å². The van der Waals surface area contributed by atoms with E-state index in [1.165, 1.54) is 19.3 Å². The van der Waals surface area contributed by atoms with Crippen molar-refractivity contribution in [2.75, 3.05) is 19.8 Å². The summed E-state index contributed by atoms with van der Waals surface area (Å²) in [6.45, 7) is 8.12. The molecule has 0 atom stereocenters. The van der Waals surface area contributed by atoms with Gasteiger partial charge in [-0.25, -0.2) is 0 Å². The standard InChI is InChI=1S/C11H24O3Si/c1-4-12-15(13-5-2,14-6-3)10-11-8-7-9-11/h11H,4-10H2,1-3H3. The summed E-state index contributed by atoms with van der Waals surface area (Å²) in [5.74, 6) is 0.779. The lowest BCUT2D eigenvalue weighted by Gasteiger charge is -2.35. The lowest BCUT2D eigenvalue weighted by molar-refractivity contribution is 0.0628. The molecule has 0 unspecified atom stereocenters. The molecule has 15 heavy (non-hydrogen) atoms. The van der Waals surface area contributed by atoms with Crippen LogP contribution in [0.5, 0.6) is 0 Å². The molecule has 0 aromatic rings. The van der Waals surface area contributed by atoms with Gasteiger partial charge in [-0.3, -0.25) is 0 Å². The number of rotatable bonds is 8. The molecule has 1 aliphatic rings. The molecule has 0 radical (unpaired) electrons. The first kappa shape index (κ1) is 13.2. The van der Waals surface area contributed by atoms with Gasteiger partial charge in [-0.1, -0.05) is 19.3 Å². The van der Waals surface area contributed by atoms with Crippen molar-refractivity contribution in [1.82, 2.24) is 0 Å². The van der Waals surface area contributed by atoms with E-state index in [0.717, 1.165) is 12.0 Å². The molecular formula is C11H24O3Si. The minimum atomic E-state index is -2.33. The molecule has 0 N–H and O–H groups in total. The van der Waals surface area contributed by atoms with Crippen molar-refractivity contribution in [3.63, 3.8) is 0 Å². The molecule has 0 aromatic carbocycles. The van der Waals surface area contributed by atoms with Gasteiger partial charge in [-0.05, 0) is 26.7 Å². The summed E-state index contributed by atoms with van der Waals surface area (Å²) in [6, 6.07) is 1.02. The van der Waals surface area contributed by atoms with E-state index in [9.17, 15) is 0 Å². The Labute approximate surface area is 94.5 Å². The zero-order chi connectivity index (χ0) is 11.1. The van der Waals surface area contributed by atoms with Crippen molar-refractivity contribution in [3.8, 4) is 0 Å². The van der Waals surface area contributed by atoms with Crippen molar-refractivity contribution >= 4 is 8.80 Å². The van der Waals surface area contributed by atoms with Gasteiger partial charge in [-0.15, -0.1) is 0 Å². The molecule has 0 amide bonds. The lowest BCUT2D eigenvalue weighted by Crippen LogP contribution is -2.48. The first-order valence-electron chi connectivity index (χ1n) is 6.18. The summed E-state index contributed by atoms with van der Waals surface area (Å²) in [4.78, 5) is 0. The Bertz CT molecular complexity index is 154. The first-order valence-corrected chi connectivity index (χ1v) is 8.11. The van der Waals surface area contributed by atoms with E-state index in [1.54, 1.807) is 0 Å². The molecule has 0 spiro atoms. The van der Waals surface area contributed by atoms with Gasteiger partial charge in [0.15, 0.2) is 0 Å². The Hall–Kier alpha value is 0.0969. The topological polar surface area (TPSA) is 27.7 Å². The van der Waals surface area contributed by atoms with Crippen LogP contribution in [0.3, 0.4) is 0 Å². The fraction of sp³-hybridized carbons (Fsp3) is 1.00. The van der Waals surface area contributed by atoms with Crippen molar-refractivity contribution in [1.29, 1.82) is 0 Å². The Kier molecular flexibility index (Phi) is 5.82. The fourth-order valence-corrected chi connectivity index (χ4v) is 5.05. The second-order valence-electron chi connectivity index (χ2n) is 3.98. The van der Waals surface area contributed by atoms with Crippen LogP contribution in [-0.2, 0) is 13.3 Å². The molecule has 0 aromatic heterocycles. The molecule has 1 fully saturated rings. The van der Waals surface area contributed by atoms with E-state index < -0.39 is 8.80 Å². The Balaban J connectivity index is 2.51. The summed E-state index contributed by atoms with van der Waals surface area (Å²) in [7, 11) is -2.33. The van der Waals surface area contributed by atoms with Crippen LogP contribution < -0.4 is 0 Å². The maximum absolute atomic E-state index is 5.81. The zero-order valence-electron chi connectivity index (χ0n) is 10.3. The van der Waals surface area contributed by atoms with Gasteiger partial charge in [0, 0.05) is 25.9 Å². The second kappa shape index (κ2) is 6.63. The highest BCUT2D eigenvalue weighted by Crippen LogP contribution is 2.35. The number of hydrogen-bond acceptors (Lipinski definition) is 3. The smallest absolute Gasteiger partial charge is 0.374 e. The van der Waals surface area contributed by atoms with Gasteiger partial charge in [0.25, 0.3) is 0 Å². The highest BCUT2D eigenvalue weighted by molar-refractivity contribution is 6.60. The van der Waals surface area contributed by atoms with E-state index in [2.05, 4.69) is 0 Å². The Morgan fingerprint density at radius 3 is 1.67 bits per heavy atom. The maximum atomic E-state index is 5.81. The molecule has 0 heterocycles. The minimum Gasteiger partial charge on any atom is -0.374 e. The van der Waals surface area contributed by atoms with Crippen LogP contribution >= 0.6 is 0 Å². The van der Waals surface area contributed by atoms with Crippen LogP contribution in [0.1, 0.15) is 40.0 Å². The van der Waals surface area contributed by atoms with Crippen molar-refractivity contribution in [2.24, 2.45) is 5.92 Å². The van der Waals surface area contributed by atoms with Crippen LogP contribution in [0, 0.1) is 5.92 Å². The summed E-state index contributed by atoms with van der Waals surface area (Å²) >= 11 is 0. The molecule has 4 heteroatoms. The molecule has 90 valence electrons. The van der Waals surface area contributed by atoms with Crippen LogP contribution in [0.15, 0.2) is 0 Å². The van der Waals surface area contributed by atoms with E-state index in [0.29, 0.717) is 19.8 Å². The van der Waals surface area contributed by atoms with Gasteiger partial charge in [-0.2, -0.15) is 0 Å². The van der Waals surface area contributed by atoms with E-state index in [-0.39, 0.29) is 0 Å². The molecule has 1 rings (SSSR count). The van der Waals surface area contributed by atoms with Gasteiger partial charge >= 0.3 is 8.80 Å². The fourth-order valence-electron chi connectivity index (χ4n) is 2.01. The molecule has 3 nitrogen and oxygen atoms in total. The quantitative estimate of drug-likeness (QED) is 0.602. The molecular weight excluding hydrogens is 208 g/mol. The monoisotopic (exact) mass is 232 g/mol. The average Bonchev–Trinajstić information content (AvgIpc) is 2.13. The molecule has 0 saturated heterocycles. The van der Waals surface area contributed by atoms with Crippen LogP contribution in [-0.4, -0.2) is 28.6 Å². The van der Waals surface area contributed by atoms with Crippen molar-refractivity contribution in [3.05, 3.63) is 0 Å². The Morgan fingerprint density at radius 1 is 0.933 bits per heavy atom. The van der Waals surface area contributed by atoms with Crippen molar-refractivity contribution in [2.45, 2.75) is 46.1 Å². The molecule has 0 aliphatic heterocycles. The van der Waals surface area contributed by atoms with Crippen LogP contribution in [0.4, 0.5) is 0 Å². The minimum absolute atomic E-state index is 0.693. The summed E-state index contributed by atoms with van der Waals surface area (Å²) in [6.07, 6.45) is 4.00. The highest BCUT2D eigenvalue weighted by Gasteiger charge is 2.43. The van der Waals surface area contributed by atoms with E-state index in [1.807, 2.05) is 20.8 Å². The third kappa shape index (κ3) is 3.87. The maximum Gasteiger partial charge on any atom is 0.501 e. The average molecular weight is 232 g/mol. The highest BCUT2D eigenvalue weighted by atomic mass is 28.4. The normalized spacial score (nSPS) is 17.8. The van der Waals surface area contributed by atoms with Crippen LogP contribution in [0.25, 0.3) is 0 Å². The van der Waals surface area contributed by atoms with E-state index >= 15 is 0 Å². The summed E-state index contributed by atoms with van der Waals surface area (Å²) < 4.78 is 17.4. The largest absolute Gasteiger partial charge is 0.501 e. The van der Waals surface area contributed by atoms with Gasteiger partial charge in [0.1, 0.15) is 0 Å². The molecule has 1 saturated carbocycles. The Morgan fingerprint density at radius 2 is 1.40 bits per heavy atom. The summed E-state index contributed by atoms with van der Waals surface area (Å²) in [5.41, 5.74) is 0. The first-order chi connectivity index (χ1) is 7.26. The second-order valence-corrected chi connectivity index (χ2v) is 6.62. The SMILES string of the molecule is CCO[Si](CC1CCC1)(OCC)OCC. The predicted octanol–water partition coefficient (Wildman–Crippen LogP) is 2.83.